The zero-order chi connectivity index (χ0) is 23.5. The maximum absolute atomic E-state index is 13.5. The molecule has 1 saturated heterocycles. The van der Waals surface area contributed by atoms with Crippen LogP contribution in [0.25, 0.3) is 5.57 Å². The van der Waals surface area contributed by atoms with E-state index in [0.29, 0.717) is 9.23 Å². The zero-order valence-electron chi connectivity index (χ0n) is 18.7. The molecule has 1 fully saturated rings. The Morgan fingerprint density at radius 3 is 2.28 bits per heavy atom. The molecule has 0 aromatic heterocycles. The maximum atomic E-state index is 13.5. The number of benzene rings is 2. The summed E-state index contributed by atoms with van der Waals surface area (Å²) in [6.45, 7) is 7.23. The van der Waals surface area contributed by atoms with E-state index in [1.54, 1.807) is 27.9 Å². The molecule has 6 nitrogen and oxygen atoms in total. The second-order valence-corrected chi connectivity index (χ2v) is 9.83. The highest BCUT2D eigenvalue weighted by Gasteiger charge is 2.40. The van der Waals surface area contributed by atoms with Crippen LogP contribution in [0.2, 0.25) is 0 Å². The van der Waals surface area contributed by atoms with E-state index in [-0.39, 0.29) is 5.91 Å². The van der Waals surface area contributed by atoms with Crippen molar-refractivity contribution in [1.29, 1.82) is 0 Å². The van der Waals surface area contributed by atoms with Crippen molar-refractivity contribution >= 4 is 45.9 Å². The molecule has 1 unspecified atom stereocenters. The molecule has 1 N–H and O–H groups in total. The molecule has 0 bridgehead atoms. The summed E-state index contributed by atoms with van der Waals surface area (Å²) in [5.41, 5.74) is 1.74. The number of rotatable bonds is 5. The summed E-state index contributed by atoms with van der Waals surface area (Å²) in [4.78, 5) is 28.0. The van der Waals surface area contributed by atoms with E-state index < -0.39 is 17.9 Å². The Labute approximate surface area is 198 Å². The molecule has 0 radical (unpaired) electrons. The van der Waals surface area contributed by atoms with Crippen LogP contribution in [-0.4, -0.2) is 33.9 Å². The van der Waals surface area contributed by atoms with Crippen molar-refractivity contribution in [3.8, 4) is 5.75 Å². The van der Waals surface area contributed by atoms with Gasteiger partial charge in [-0.15, -0.1) is 0 Å². The Balaban J connectivity index is 1.95. The number of carbonyl (C=O) groups is 2. The molecule has 2 aromatic rings. The molecule has 32 heavy (non-hydrogen) atoms. The Morgan fingerprint density at radius 1 is 1.09 bits per heavy atom. The van der Waals surface area contributed by atoms with Crippen LogP contribution in [0, 0.1) is 0 Å². The number of thiocarbonyl (C=S) groups is 1. The van der Waals surface area contributed by atoms with Gasteiger partial charge in [-0.05, 0) is 56.5 Å². The van der Waals surface area contributed by atoms with Crippen LogP contribution < -0.4 is 10.1 Å². The fourth-order valence-corrected chi connectivity index (χ4v) is 4.51. The van der Waals surface area contributed by atoms with Gasteiger partial charge in [0.25, 0.3) is 5.91 Å². The maximum Gasteiger partial charge on any atom is 0.409 e. The number of alkyl carbamates (subject to hydrolysis) is 1. The van der Waals surface area contributed by atoms with Crippen LogP contribution >= 0.6 is 24.0 Å². The first-order valence-electron chi connectivity index (χ1n) is 10.1. The number of methoxy groups -OCH3 is 1. The molecule has 2 amide bonds. The Kier molecular flexibility index (Phi) is 7.26. The van der Waals surface area contributed by atoms with Gasteiger partial charge in [0.1, 0.15) is 21.8 Å². The van der Waals surface area contributed by atoms with Gasteiger partial charge in [-0.2, -0.15) is 0 Å². The lowest BCUT2D eigenvalue weighted by atomic mass is 10.1. The van der Waals surface area contributed by atoms with Crippen LogP contribution in [0.5, 0.6) is 5.75 Å². The van der Waals surface area contributed by atoms with Crippen molar-refractivity contribution in [1.82, 2.24) is 10.2 Å². The number of thioether (sulfide) groups is 1. The van der Waals surface area contributed by atoms with Gasteiger partial charge in [-0.25, -0.2) is 4.79 Å². The van der Waals surface area contributed by atoms with E-state index in [9.17, 15) is 9.59 Å². The van der Waals surface area contributed by atoms with Crippen LogP contribution in [0.4, 0.5) is 4.79 Å². The number of carbonyl (C=O) groups excluding carboxylic acids is 2. The van der Waals surface area contributed by atoms with Crippen molar-refractivity contribution in [2.45, 2.75) is 39.5 Å². The number of hydrogen-bond donors (Lipinski definition) is 1. The van der Waals surface area contributed by atoms with Crippen LogP contribution in [0.1, 0.15) is 45.0 Å². The SMILES string of the molecule is COc1ccc(/C(C)=C2\SC(=S)N(C(NC(=O)OC(C)(C)C)c3ccccc3)C2=O)cc1. The second kappa shape index (κ2) is 9.75. The number of allylic oxidation sites excluding steroid dienone is 1. The second-order valence-electron chi connectivity index (χ2n) is 8.19. The molecule has 1 aliphatic rings. The van der Waals surface area contributed by atoms with E-state index in [4.69, 9.17) is 21.7 Å². The summed E-state index contributed by atoms with van der Waals surface area (Å²) in [6.07, 6.45) is -1.42. The number of amides is 2. The quantitative estimate of drug-likeness (QED) is 0.459. The number of hydrogen-bond acceptors (Lipinski definition) is 6. The molecular weight excluding hydrogens is 444 g/mol. The van der Waals surface area contributed by atoms with Gasteiger partial charge in [-0.1, -0.05) is 66.4 Å². The van der Waals surface area contributed by atoms with Crippen molar-refractivity contribution < 1.29 is 19.1 Å². The molecule has 2 aromatic carbocycles. The van der Waals surface area contributed by atoms with Gasteiger partial charge in [0.2, 0.25) is 0 Å². The predicted molar refractivity (Wildman–Crippen MR) is 131 cm³/mol. The van der Waals surface area contributed by atoms with Crippen molar-refractivity contribution in [3.05, 3.63) is 70.6 Å². The van der Waals surface area contributed by atoms with Gasteiger partial charge < -0.3 is 9.47 Å². The third kappa shape index (κ3) is 5.49. The Bertz CT molecular complexity index is 1040. The van der Waals surface area contributed by atoms with Crippen LogP contribution in [0.15, 0.2) is 59.5 Å². The van der Waals surface area contributed by atoms with Gasteiger partial charge in [0.05, 0.1) is 12.0 Å². The van der Waals surface area contributed by atoms with Gasteiger partial charge in [0.15, 0.2) is 0 Å². The van der Waals surface area contributed by atoms with Crippen molar-refractivity contribution in [3.63, 3.8) is 0 Å². The Hall–Kier alpha value is -2.84. The molecule has 0 spiro atoms. The molecule has 8 heteroatoms. The largest absolute Gasteiger partial charge is 0.497 e. The van der Waals surface area contributed by atoms with Gasteiger partial charge in [0, 0.05) is 0 Å². The minimum absolute atomic E-state index is 0.266. The summed E-state index contributed by atoms with van der Waals surface area (Å²) in [6, 6.07) is 16.7. The van der Waals surface area contributed by atoms with Crippen LogP contribution in [0.3, 0.4) is 0 Å². The highest BCUT2D eigenvalue weighted by molar-refractivity contribution is 8.26. The van der Waals surface area contributed by atoms with Gasteiger partial charge >= 0.3 is 6.09 Å². The molecular formula is C24H26N2O4S2. The molecule has 168 valence electrons. The summed E-state index contributed by atoms with van der Waals surface area (Å²) in [5.74, 6) is 0.470. The van der Waals surface area contributed by atoms with E-state index in [2.05, 4.69) is 5.32 Å². The average molecular weight is 471 g/mol. The van der Waals surface area contributed by atoms with Crippen LogP contribution in [-0.2, 0) is 9.53 Å². The van der Waals surface area contributed by atoms with E-state index in [0.717, 1.165) is 22.4 Å². The summed E-state index contributed by atoms with van der Waals surface area (Å²) in [7, 11) is 1.61. The molecule has 1 atom stereocenters. The summed E-state index contributed by atoms with van der Waals surface area (Å²) >= 11 is 6.79. The third-order valence-electron chi connectivity index (χ3n) is 4.69. The monoisotopic (exact) mass is 470 g/mol. The molecule has 3 rings (SSSR count). The minimum atomic E-state index is -0.792. The molecule has 1 heterocycles. The molecule has 0 aliphatic carbocycles. The highest BCUT2D eigenvalue weighted by Crippen LogP contribution is 2.40. The number of ether oxygens (including phenoxy) is 2. The van der Waals surface area contributed by atoms with E-state index >= 15 is 0 Å². The van der Waals surface area contributed by atoms with E-state index in [1.807, 2.05) is 61.5 Å². The number of nitrogens with zero attached hydrogens (tertiary/aromatic N) is 1. The van der Waals surface area contributed by atoms with Crippen molar-refractivity contribution in [2.75, 3.05) is 7.11 Å². The molecule has 0 saturated carbocycles. The van der Waals surface area contributed by atoms with Gasteiger partial charge in [-0.3, -0.25) is 15.0 Å². The lowest BCUT2D eigenvalue weighted by molar-refractivity contribution is -0.124. The Morgan fingerprint density at radius 2 is 1.72 bits per heavy atom. The zero-order valence-corrected chi connectivity index (χ0v) is 20.3. The highest BCUT2D eigenvalue weighted by atomic mass is 32.2. The topological polar surface area (TPSA) is 67.9 Å². The smallest absolute Gasteiger partial charge is 0.409 e. The third-order valence-corrected chi connectivity index (χ3v) is 6.19. The number of nitrogens with one attached hydrogen (secondary N) is 1. The first kappa shape index (κ1) is 23.8. The van der Waals surface area contributed by atoms with Crippen molar-refractivity contribution in [2.24, 2.45) is 0 Å². The fraction of sp³-hybridized carbons (Fsp3) is 0.292. The predicted octanol–water partition coefficient (Wildman–Crippen LogP) is 5.51. The summed E-state index contributed by atoms with van der Waals surface area (Å²) in [5, 5.41) is 2.81. The normalized spacial score (nSPS) is 16.6. The standard InChI is InChI=1S/C24H26N2O4S2/c1-15(16-11-13-18(29-5)14-12-16)19-21(27)26(23(31)32-19)20(17-9-7-6-8-10-17)25-22(28)30-24(2,3)4/h6-14,20H,1-5H3,(H,25,28)/b19-15-. The van der Waals surface area contributed by atoms with E-state index in [1.165, 1.54) is 16.7 Å². The average Bonchev–Trinajstić information content (AvgIpc) is 3.05. The first-order valence-corrected chi connectivity index (χ1v) is 11.3. The fourth-order valence-electron chi connectivity index (χ4n) is 3.16. The molecule has 1 aliphatic heterocycles. The lowest BCUT2D eigenvalue weighted by Gasteiger charge is -2.29. The minimum Gasteiger partial charge on any atom is -0.497 e. The summed E-state index contributed by atoms with van der Waals surface area (Å²) < 4.78 is 11.0. The lowest BCUT2D eigenvalue weighted by Crippen LogP contribution is -2.45. The first-order chi connectivity index (χ1) is 15.1.